The maximum absolute atomic E-state index is 11.9. The molecule has 1 aliphatic carbocycles. The third kappa shape index (κ3) is 5.87. The van der Waals surface area contributed by atoms with Gasteiger partial charge in [0.2, 0.25) is 5.91 Å². The number of carbonyl (C=O) groups excluding carboxylic acids is 2. The maximum Gasteiger partial charge on any atom is 0.252 e. The van der Waals surface area contributed by atoms with Gasteiger partial charge in [-0.2, -0.15) is 11.3 Å². The highest BCUT2D eigenvalue weighted by Gasteiger charge is 2.14. The van der Waals surface area contributed by atoms with Gasteiger partial charge in [0.15, 0.2) is 0 Å². The van der Waals surface area contributed by atoms with Crippen LogP contribution in [0, 0.1) is 0 Å². The highest BCUT2D eigenvalue weighted by Crippen LogP contribution is 2.17. The van der Waals surface area contributed by atoms with Crippen molar-refractivity contribution in [1.82, 2.24) is 10.6 Å². The summed E-state index contributed by atoms with van der Waals surface area (Å²) in [6.07, 6.45) is 8.43. The molecule has 0 spiro atoms. The van der Waals surface area contributed by atoms with Crippen LogP contribution in [-0.4, -0.2) is 24.4 Å². The van der Waals surface area contributed by atoms with E-state index in [1.807, 2.05) is 10.8 Å². The Morgan fingerprint density at radius 2 is 1.95 bits per heavy atom. The summed E-state index contributed by atoms with van der Waals surface area (Å²) in [6.45, 7) is 0.548. The second kappa shape index (κ2) is 8.82. The van der Waals surface area contributed by atoms with Crippen molar-refractivity contribution in [2.75, 3.05) is 6.54 Å². The molecular weight excluding hydrogens is 284 g/mol. The molecule has 0 saturated heterocycles. The van der Waals surface area contributed by atoms with Crippen LogP contribution in [0.4, 0.5) is 0 Å². The SMILES string of the molecule is O=C(CCCNC(=O)c1ccsc1)NC1CCCCCC1. The Kier molecular flexibility index (Phi) is 6.73. The van der Waals surface area contributed by atoms with E-state index in [4.69, 9.17) is 0 Å². The van der Waals surface area contributed by atoms with Gasteiger partial charge in [-0.3, -0.25) is 9.59 Å². The zero-order valence-corrected chi connectivity index (χ0v) is 13.2. The summed E-state index contributed by atoms with van der Waals surface area (Å²) in [7, 11) is 0. The molecule has 1 aromatic heterocycles. The summed E-state index contributed by atoms with van der Waals surface area (Å²) in [6, 6.07) is 2.17. The molecule has 21 heavy (non-hydrogen) atoms. The molecule has 2 rings (SSSR count). The Bertz CT molecular complexity index is 437. The van der Waals surface area contributed by atoms with Crippen LogP contribution in [0.5, 0.6) is 0 Å². The predicted molar refractivity (Wildman–Crippen MR) is 85.5 cm³/mol. The standard InChI is InChI=1S/C16H24N2O2S/c19-15(18-14-6-3-1-2-4-7-14)8-5-10-17-16(20)13-9-11-21-12-13/h9,11-12,14H,1-8,10H2,(H,17,20)(H,18,19). The van der Waals surface area contributed by atoms with Crippen molar-refractivity contribution in [3.05, 3.63) is 22.4 Å². The minimum Gasteiger partial charge on any atom is -0.353 e. The fourth-order valence-corrected chi connectivity index (χ4v) is 3.31. The Morgan fingerprint density at radius 3 is 2.62 bits per heavy atom. The number of hydrogen-bond acceptors (Lipinski definition) is 3. The summed E-state index contributed by atoms with van der Waals surface area (Å²) in [5.74, 6) is 0.0621. The van der Waals surface area contributed by atoms with Gasteiger partial charge >= 0.3 is 0 Å². The first kappa shape index (κ1) is 16.0. The smallest absolute Gasteiger partial charge is 0.252 e. The third-order valence-electron chi connectivity index (χ3n) is 3.87. The largest absolute Gasteiger partial charge is 0.353 e. The molecule has 0 aromatic carbocycles. The number of carbonyl (C=O) groups is 2. The molecular formula is C16H24N2O2S. The Balaban J connectivity index is 1.57. The van der Waals surface area contributed by atoms with Gasteiger partial charge in [-0.05, 0) is 30.7 Å². The molecule has 1 aliphatic rings. The van der Waals surface area contributed by atoms with E-state index in [2.05, 4.69) is 10.6 Å². The summed E-state index contributed by atoms with van der Waals surface area (Å²) >= 11 is 1.51. The molecule has 0 atom stereocenters. The van der Waals surface area contributed by atoms with Gasteiger partial charge in [-0.1, -0.05) is 25.7 Å². The Morgan fingerprint density at radius 1 is 1.19 bits per heavy atom. The lowest BCUT2D eigenvalue weighted by molar-refractivity contribution is -0.121. The second-order valence-corrected chi connectivity index (χ2v) is 6.41. The quantitative estimate of drug-likeness (QED) is 0.627. The third-order valence-corrected chi connectivity index (χ3v) is 4.55. The highest BCUT2D eigenvalue weighted by atomic mass is 32.1. The lowest BCUT2D eigenvalue weighted by atomic mass is 10.1. The molecule has 1 heterocycles. The monoisotopic (exact) mass is 308 g/mol. The zero-order chi connectivity index (χ0) is 14.9. The van der Waals surface area contributed by atoms with Gasteiger partial charge in [0.25, 0.3) is 5.91 Å². The first-order valence-electron chi connectivity index (χ1n) is 7.85. The van der Waals surface area contributed by atoms with E-state index < -0.39 is 0 Å². The van der Waals surface area contributed by atoms with Crippen LogP contribution in [0.15, 0.2) is 16.8 Å². The van der Waals surface area contributed by atoms with Crippen molar-refractivity contribution in [3.8, 4) is 0 Å². The zero-order valence-electron chi connectivity index (χ0n) is 12.4. The number of thiophene rings is 1. The van der Waals surface area contributed by atoms with E-state index in [9.17, 15) is 9.59 Å². The first-order chi connectivity index (χ1) is 10.3. The topological polar surface area (TPSA) is 58.2 Å². The van der Waals surface area contributed by atoms with E-state index in [1.165, 1.54) is 37.0 Å². The van der Waals surface area contributed by atoms with Gasteiger partial charge in [0, 0.05) is 30.0 Å². The van der Waals surface area contributed by atoms with Crippen LogP contribution < -0.4 is 10.6 Å². The van der Waals surface area contributed by atoms with Crippen LogP contribution in [-0.2, 0) is 4.79 Å². The van der Waals surface area contributed by atoms with Crippen LogP contribution in [0.1, 0.15) is 61.7 Å². The van der Waals surface area contributed by atoms with E-state index in [-0.39, 0.29) is 11.8 Å². The van der Waals surface area contributed by atoms with Crippen LogP contribution >= 0.6 is 11.3 Å². The molecule has 0 aliphatic heterocycles. The van der Waals surface area contributed by atoms with Crippen LogP contribution in [0.3, 0.4) is 0 Å². The Labute approximate surface area is 130 Å². The average molecular weight is 308 g/mol. The van der Waals surface area contributed by atoms with E-state index in [0.29, 0.717) is 31.0 Å². The fourth-order valence-electron chi connectivity index (χ4n) is 2.67. The first-order valence-corrected chi connectivity index (χ1v) is 8.80. The molecule has 1 saturated carbocycles. The van der Waals surface area contributed by atoms with Gasteiger partial charge in [0.1, 0.15) is 0 Å². The summed E-state index contributed by atoms with van der Waals surface area (Å²) in [4.78, 5) is 23.6. The maximum atomic E-state index is 11.9. The number of nitrogens with one attached hydrogen (secondary N) is 2. The summed E-state index contributed by atoms with van der Waals surface area (Å²) in [5, 5.41) is 9.68. The summed E-state index contributed by atoms with van der Waals surface area (Å²) in [5.41, 5.74) is 0.697. The second-order valence-electron chi connectivity index (χ2n) is 5.63. The number of amides is 2. The van der Waals surface area contributed by atoms with Gasteiger partial charge in [0.05, 0.1) is 0 Å². The van der Waals surface area contributed by atoms with Crippen molar-refractivity contribution in [2.24, 2.45) is 0 Å². The molecule has 2 amide bonds. The molecule has 116 valence electrons. The highest BCUT2D eigenvalue weighted by molar-refractivity contribution is 7.08. The van der Waals surface area contributed by atoms with E-state index >= 15 is 0 Å². The van der Waals surface area contributed by atoms with E-state index in [1.54, 1.807) is 6.07 Å². The molecule has 4 nitrogen and oxygen atoms in total. The van der Waals surface area contributed by atoms with Gasteiger partial charge in [-0.15, -0.1) is 0 Å². The summed E-state index contributed by atoms with van der Waals surface area (Å²) < 4.78 is 0. The van der Waals surface area contributed by atoms with Gasteiger partial charge < -0.3 is 10.6 Å². The molecule has 1 aromatic rings. The molecule has 0 bridgehead atoms. The average Bonchev–Trinajstić information content (AvgIpc) is 2.90. The lowest BCUT2D eigenvalue weighted by Crippen LogP contribution is -2.34. The van der Waals surface area contributed by atoms with Crippen molar-refractivity contribution < 1.29 is 9.59 Å². The molecule has 1 fully saturated rings. The van der Waals surface area contributed by atoms with Crippen LogP contribution in [0.25, 0.3) is 0 Å². The molecule has 2 N–H and O–H groups in total. The molecule has 5 heteroatoms. The van der Waals surface area contributed by atoms with Crippen LogP contribution in [0.2, 0.25) is 0 Å². The normalized spacial score (nSPS) is 16.2. The number of rotatable bonds is 6. The van der Waals surface area contributed by atoms with Crippen molar-refractivity contribution in [3.63, 3.8) is 0 Å². The Hall–Kier alpha value is -1.36. The fraction of sp³-hybridized carbons (Fsp3) is 0.625. The minimum atomic E-state index is -0.0552. The van der Waals surface area contributed by atoms with Gasteiger partial charge in [-0.25, -0.2) is 0 Å². The van der Waals surface area contributed by atoms with Crippen molar-refractivity contribution in [2.45, 2.75) is 57.4 Å². The van der Waals surface area contributed by atoms with E-state index in [0.717, 1.165) is 12.8 Å². The van der Waals surface area contributed by atoms with Crippen molar-refractivity contribution >= 4 is 23.2 Å². The minimum absolute atomic E-state index is 0.0552. The lowest BCUT2D eigenvalue weighted by Gasteiger charge is -2.16. The van der Waals surface area contributed by atoms with Crippen molar-refractivity contribution in [1.29, 1.82) is 0 Å². The predicted octanol–water partition coefficient (Wildman–Crippen LogP) is 3.10. The number of hydrogen-bond donors (Lipinski definition) is 2. The molecule has 0 unspecified atom stereocenters. The molecule has 0 radical (unpaired) electrons.